The Morgan fingerprint density at radius 2 is 2.05 bits per heavy atom. The van der Waals surface area contributed by atoms with Gasteiger partial charge >= 0.3 is 0 Å². The van der Waals surface area contributed by atoms with Crippen molar-refractivity contribution < 1.29 is 9.59 Å². The minimum absolute atomic E-state index is 0.0413. The number of hydrogen-bond donors (Lipinski definition) is 1. The van der Waals surface area contributed by atoms with Crippen molar-refractivity contribution in [1.29, 1.82) is 0 Å². The monoisotopic (exact) mass is 319 g/mol. The molecule has 0 aromatic carbocycles. The second-order valence-electron chi connectivity index (χ2n) is 6.62. The van der Waals surface area contributed by atoms with Crippen LogP contribution in [0.5, 0.6) is 0 Å². The van der Waals surface area contributed by atoms with Crippen LogP contribution in [0.25, 0.3) is 0 Å². The molecule has 1 aromatic rings. The first-order valence-electron chi connectivity index (χ1n) is 8.29. The van der Waals surface area contributed by atoms with Crippen molar-refractivity contribution in [1.82, 2.24) is 9.88 Å². The number of aryl methyl sites for hydroxylation is 2. The van der Waals surface area contributed by atoms with Crippen LogP contribution in [0.15, 0.2) is 0 Å². The van der Waals surface area contributed by atoms with E-state index >= 15 is 0 Å². The number of thiazole rings is 1. The van der Waals surface area contributed by atoms with Gasteiger partial charge in [0.25, 0.3) is 0 Å². The third-order valence-corrected chi connectivity index (χ3v) is 5.92. The Kier molecular flexibility index (Phi) is 3.64. The van der Waals surface area contributed by atoms with Gasteiger partial charge in [-0.3, -0.25) is 9.59 Å². The number of nitrogens with one attached hydrogen (secondary N) is 1. The third-order valence-electron chi connectivity index (χ3n) is 4.84. The highest BCUT2D eigenvalue weighted by Crippen LogP contribution is 2.34. The predicted octanol–water partition coefficient (Wildman–Crippen LogP) is 2.36. The molecular weight excluding hydrogens is 298 g/mol. The zero-order chi connectivity index (χ0) is 15.1. The zero-order valence-electron chi connectivity index (χ0n) is 12.6. The van der Waals surface area contributed by atoms with Crippen molar-refractivity contribution in [3.8, 4) is 0 Å². The summed E-state index contributed by atoms with van der Waals surface area (Å²) in [7, 11) is 0. The molecule has 1 atom stereocenters. The Bertz CT molecular complexity index is 585. The number of rotatable bonds is 3. The molecule has 1 unspecified atom stereocenters. The second-order valence-corrected chi connectivity index (χ2v) is 7.70. The molecule has 118 valence electrons. The summed E-state index contributed by atoms with van der Waals surface area (Å²) in [6, 6.07) is 0.404. The minimum Gasteiger partial charge on any atom is -0.339 e. The largest absolute Gasteiger partial charge is 0.339 e. The van der Waals surface area contributed by atoms with Gasteiger partial charge in [0, 0.05) is 23.9 Å². The molecule has 22 heavy (non-hydrogen) atoms. The van der Waals surface area contributed by atoms with Gasteiger partial charge in [-0.25, -0.2) is 4.98 Å². The van der Waals surface area contributed by atoms with E-state index in [0.717, 1.165) is 25.7 Å². The minimum atomic E-state index is -0.211. The van der Waals surface area contributed by atoms with E-state index in [1.165, 1.54) is 29.8 Å². The Morgan fingerprint density at radius 3 is 2.86 bits per heavy atom. The summed E-state index contributed by atoms with van der Waals surface area (Å²) in [5.74, 6) is -0.116. The van der Waals surface area contributed by atoms with Crippen LogP contribution in [-0.2, 0) is 22.4 Å². The molecule has 2 amide bonds. The van der Waals surface area contributed by atoms with Gasteiger partial charge in [0.15, 0.2) is 5.13 Å². The molecule has 1 aliphatic heterocycles. The predicted molar refractivity (Wildman–Crippen MR) is 84.8 cm³/mol. The summed E-state index contributed by atoms with van der Waals surface area (Å²) in [6.07, 6.45) is 8.34. The van der Waals surface area contributed by atoms with Crippen molar-refractivity contribution >= 4 is 28.3 Å². The van der Waals surface area contributed by atoms with E-state index in [4.69, 9.17) is 0 Å². The normalized spacial score (nSPS) is 25.0. The lowest BCUT2D eigenvalue weighted by Crippen LogP contribution is -2.29. The molecule has 1 saturated heterocycles. The van der Waals surface area contributed by atoms with Crippen LogP contribution >= 0.6 is 11.3 Å². The van der Waals surface area contributed by atoms with E-state index in [9.17, 15) is 9.59 Å². The van der Waals surface area contributed by atoms with Crippen LogP contribution in [0.4, 0.5) is 5.13 Å². The lowest BCUT2D eigenvalue weighted by molar-refractivity contribution is -0.128. The Hall–Kier alpha value is -1.43. The van der Waals surface area contributed by atoms with E-state index in [-0.39, 0.29) is 17.7 Å². The molecule has 1 aromatic heterocycles. The lowest BCUT2D eigenvalue weighted by atomic mass is 10.1. The standard InChI is InChI=1S/C16H21N3O2S/c20-14-8-10(9-19(14)11-6-7-11)15(21)18-16-17-12-4-2-1-3-5-13(12)22-16/h10-11H,1-9H2,(H,17,18,21). The first kappa shape index (κ1) is 14.2. The molecule has 3 aliphatic rings. The van der Waals surface area contributed by atoms with Gasteiger partial charge in [0.05, 0.1) is 11.6 Å². The number of aromatic nitrogens is 1. The summed E-state index contributed by atoms with van der Waals surface area (Å²) in [6.45, 7) is 0.584. The van der Waals surface area contributed by atoms with Crippen LogP contribution in [0, 0.1) is 5.92 Å². The molecule has 0 radical (unpaired) electrons. The molecule has 1 N–H and O–H groups in total. The van der Waals surface area contributed by atoms with Gasteiger partial charge in [-0.05, 0) is 38.5 Å². The Morgan fingerprint density at radius 1 is 1.23 bits per heavy atom. The smallest absolute Gasteiger partial charge is 0.231 e. The molecule has 4 rings (SSSR count). The average molecular weight is 319 g/mol. The molecule has 2 fully saturated rings. The van der Waals surface area contributed by atoms with Crippen molar-refractivity contribution in [2.75, 3.05) is 11.9 Å². The van der Waals surface area contributed by atoms with Crippen LogP contribution in [0.1, 0.15) is 49.1 Å². The molecule has 6 heteroatoms. The summed E-state index contributed by atoms with van der Waals surface area (Å²) in [4.78, 5) is 32.2. The van der Waals surface area contributed by atoms with Gasteiger partial charge in [0.1, 0.15) is 0 Å². The van der Waals surface area contributed by atoms with Crippen LogP contribution in [0.3, 0.4) is 0 Å². The fourth-order valence-corrected chi connectivity index (χ4v) is 4.49. The average Bonchev–Trinajstić information content (AvgIpc) is 3.21. The first-order valence-corrected chi connectivity index (χ1v) is 9.11. The summed E-state index contributed by atoms with van der Waals surface area (Å²) in [5, 5.41) is 3.67. The number of carbonyl (C=O) groups is 2. The summed E-state index contributed by atoms with van der Waals surface area (Å²) in [5.41, 5.74) is 1.17. The number of anilines is 1. The maximum atomic E-state index is 12.4. The molecular formula is C16H21N3O2S. The fourth-order valence-electron chi connectivity index (χ4n) is 3.44. The molecule has 2 aliphatic carbocycles. The topological polar surface area (TPSA) is 62.3 Å². The Labute approximate surface area is 134 Å². The van der Waals surface area contributed by atoms with Gasteiger partial charge < -0.3 is 10.2 Å². The third kappa shape index (κ3) is 2.76. The highest BCUT2D eigenvalue weighted by molar-refractivity contribution is 7.15. The van der Waals surface area contributed by atoms with Crippen LogP contribution in [0.2, 0.25) is 0 Å². The number of hydrogen-bond acceptors (Lipinski definition) is 4. The summed E-state index contributed by atoms with van der Waals surface area (Å²) < 4.78 is 0. The van der Waals surface area contributed by atoms with E-state index in [1.807, 2.05) is 4.90 Å². The van der Waals surface area contributed by atoms with Gasteiger partial charge in [-0.15, -0.1) is 11.3 Å². The van der Waals surface area contributed by atoms with Crippen molar-refractivity contribution in [3.05, 3.63) is 10.6 Å². The van der Waals surface area contributed by atoms with Gasteiger partial charge in [-0.1, -0.05) is 6.42 Å². The fraction of sp³-hybridized carbons (Fsp3) is 0.688. The van der Waals surface area contributed by atoms with Crippen LogP contribution in [-0.4, -0.2) is 34.3 Å². The highest BCUT2D eigenvalue weighted by atomic mass is 32.1. The lowest BCUT2D eigenvalue weighted by Gasteiger charge is -2.14. The molecule has 1 saturated carbocycles. The summed E-state index contributed by atoms with van der Waals surface area (Å²) >= 11 is 1.61. The molecule has 5 nitrogen and oxygen atoms in total. The van der Waals surface area contributed by atoms with E-state index in [2.05, 4.69) is 10.3 Å². The molecule has 0 spiro atoms. The van der Waals surface area contributed by atoms with Crippen molar-refractivity contribution in [3.63, 3.8) is 0 Å². The number of carbonyl (C=O) groups excluding carboxylic acids is 2. The first-order chi connectivity index (χ1) is 10.7. The van der Waals surface area contributed by atoms with E-state index in [0.29, 0.717) is 24.1 Å². The van der Waals surface area contributed by atoms with Crippen molar-refractivity contribution in [2.24, 2.45) is 5.92 Å². The van der Waals surface area contributed by atoms with E-state index in [1.54, 1.807) is 11.3 Å². The molecule has 2 heterocycles. The SMILES string of the molecule is O=C(Nc1nc2c(s1)CCCCC2)C1CC(=O)N(C2CC2)C1. The van der Waals surface area contributed by atoms with Crippen molar-refractivity contribution in [2.45, 2.75) is 57.4 Å². The van der Waals surface area contributed by atoms with Gasteiger partial charge in [-0.2, -0.15) is 0 Å². The van der Waals surface area contributed by atoms with Gasteiger partial charge in [0.2, 0.25) is 11.8 Å². The number of nitrogens with zero attached hydrogens (tertiary/aromatic N) is 2. The van der Waals surface area contributed by atoms with E-state index < -0.39 is 0 Å². The number of amides is 2. The second kappa shape index (κ2) is 5.65. The highest BCUT2D eigenvalue weighted by Gasteiger charge is 2.41. The quantitative estimate of drug-likeness (QED) is 0.870. The zero-order valence-corrected chi connectivity index (χ0v) is 13.5. The maximum absolute atomic E-state index is 12.4. The Balaban J connectivity index is 1.41. The number of likely N-dealkylation sites (tertiary alicyclic amines) is 1. The molecule has 0 bridgehead atoms. The maximum Gasteiger partial charge on any atom is 0.231 e. The number of fused-ring (bicyclic) bond motifs is 1. The van der Waals surface area contributed by atoms with Crippen LogP contribution < -0.4 is 5.32 Å².